The van der Waals surface area contributed by atoms with Crippen LogP contribution in [0.4, 0.5) is 5.69 Å². The average Bonchev–Trinajstić information content (AvgIpc) is 2.49. The maximum Gasteiger partial charge on any atom is 0.331 e. The normalized spacial score (nSPS) is 26.1. The van der Waals surface area contributed by atoms with E-state index in [-0.39, 0.29) is 11.9 Å². The summed E-state index contributed by atoms with van der Waals surface area (Å²) in [5.74, 6) is 0.0661. The van der Waals surface area contributed by atoms with Gasteiger partial charge in [0.25, 0.3) is 0 Å². The number of hydrogen-bond acceptors (Lipinski definition) is 4. The highest BCUT2D eigenvalue weighted by Crippen LogP contribution is 2.32. The number of carbonyl (C=O) groups is 1. The number of nitrogens with one attached hydrogen (secondary N) is 2. The highest BCUT2D eigenvalue weighted by Gasteiger charge is 2.47. The van der Waals surface area contributed by atoms with Gasteiger partial charge in [0.05, 0.1) is 7.11 Å². The van der Waals surface area contributed by atoms with Crippen molar-refractivity contribution < 1.29 is 9.53 Å². The molecular weight excluding hydrogens is 252 g/mol. The molecule has 1 aliphatic rings. The largest absolute Gasteiger partial charge is 0.467 e. The fourth-order valence-electron chi connectivity index (χ4n) is 2.99. The Hall–Kier alpha value is -1.55. The van der Waals surface area contributed by atoms with Crippen LogP contribution in [0.1, 0.15) is 25.3 Å². The van der Waals surface area contributed by atoms with E-state index in [2.05, 4.69) is 36.6 Å². The van der Waals surface area contributed by atoms with Gasteiger partial charge in [-0.05, 0) is 38.4 Å². The third-order valence-corrected chi connectivity index (χ3v) is 4.25. The standard InChI is InChI=1S/C16H24N2O2/c1-4-13-11-17-10-9-16(13,15(19)20-3)18-14-7-5-12(2)6-8-14/h5-8,13,17-18H,4,9-11H2,1-3H3. The van der Waals surface area contributed by atoms with E-state index < -0.39 is 5.54 Å². The van der Waals surface area contributed by atoms with Gasteiger partial charge in [-0.3, -0.25) is 0 Å². The molecule has 0 amide bonds. The average molecular weight is 276 g/mol. The first-order chi connectivity index (χ1) is 9.62. The summed E-state index contributed by atoms with van der Waals surface area (Å²) in [6, 6.07) is 8.15. The number of methoxy groups -OCH3 is 1. The van der Waals surface area contributed by atoms with Crippen molar-refractivity contribution in [3.05, 3.63) is 29.8 Å². The minimum atomic E-state index is -0.621. The van der Waals surface area contributed by atoms with E-state index in [4.69, 9.17) is 4.74 Å². The number of esters is 1. The molecule has 1 heterocycles. The van der Waals surface area contributed by atoms with Crippen molar-refractivity contribution in [3.63, 3.8) is 0 Å². The number of hydrogen-bond donors (Lipinski definition) is 2. The molecule has 0 bridgehead atoms. The van der Waals surface area contributed by atoms with Crippen LogP contribution in [0.3, 0.4) is 0 Å². The van der Waals surface area contributed by atoms with Crippen LogP contribution in [0, 0.1) is 12.8 Å². The summed E-state index contributed by atoms with van der Waals surface area (Å²) in [6.07, 6.45) is 1.67. The van der Waals surface area contributed by atoms with Crippen molar-refractivity contribution in [1.29, 1.82) is 0 Å². The summed E-state index contributed by atoms with van der Waals surface area (Å²) in [5, 5.41) is 6.83. The lowest BCUT2D eigenvalue weighted by Gasteiger charge is -2.43. The Balaban J connectivity index is 2.31. The second-order valence-electron chi connectivity index (χ2n) is 5.51. The van der Waals surface area contributed by atoms with Crippen molar-refractivity contribution in [2.75, 3.05) is 25.5 Å². The van der Waals surface area contributed by atoms with Gasteiger partial charge >= 0.3 is 5.97 Å². The zero-order valence-electron chi connectivity index (χ0n) is 12.5. The minimum absolute atomic E-state index is 0.161. The molecule has 2 N–H and O–H groups in total. The molecule has 4 heteroatoms. The Morgan fingerprint density at radius 1 is 1.45 bits per heavy atom. The minimum Gasteiger partial charge on any atom is -0.467 e. The first-order valence-electron chi connectivity index (χ1n) is 7.26. The van der Waals surface area contributed by atoms with E-state index in [0.29, 0.717) is 0 Å². The van der Waals surface area contributed by atoms with Crippen molar-refractivity contribution in [3.8, 4) is 0 Å². The number of piperidine rings is 1. The number of ether oxygens (including phenoxy) is 1. The third kappa shape index (κ3) is 2.80. The van der Waals surface area contributed by atoms with Crippen LogP contribution in [0.2, 0.25) is 0 Å². The van der Waals surface area contributed by atoms with Crippen molar-refractivity contribution in [1.82, 2.24) is 5.32 Å². The van der Waals surface area contributed by atoms with Gasteiger partial charge < -0.3 is 15.4 Å². The van der Waals surface area contributed by atoms with E-state index in [1.54, 1.807) is 0 Å². The van der Waals surface area contributed by atoms with E-state index in [1.165, 1.54) is 12.7 Å². The number of benzene rings is 1. The molecule has 1 saturated heterocycles. The molecule has 0 spiro atoms. The lowest BCUT2D eigenvalue weighted by molar-refractivity contribution is -0.149. The van der Waals surface area contributed by atoms with Crippen LogP contribution in [0.15, 0.2) is 24.3 Å². The molecule has 1 aromatic rings. The molecule has 0 aliphatic carbocycles. The van der Waals surface area contributed by atoms with Crippen LogP contribution in [-0.4, -0.2) is 31.7 Å². The number of carbonyl (C=O) groups excluding carboxylic acids is 1. The van der Waals surface area contributed by atoms with E-state index in [0.717, 1.165) is 31.6 Å². The Kier molecular flexibility index (Phi) is 4.65. The van der Waals surface area contributed by atoms with Crippen LogP contribution in [0.5, 0.6) is 0 Å². The predicted molar refractivity (Wildman–Crippen MR) is 80.8 cm³/mol. The highest BCUT2D eigenvalue weighted by atomic mass is 16.5. The van der Waals surface area contributed by atoms with Gasteiger partial charge in [-0.15, -0.1) is 0 Å². The summed E-state index contributed by atoms with van der Waals surface area (Å²) in [4.78, 5) is 12.4. The van der Waals surface area contributed by atoms with Gasteiger partial charge in [-0.25, -0.2) is 4.79 Å². The van der Waals surface area contributed by atoms with Crippen LogP contribution in [0.25, 0.3) is 0 Å². The second kappa shape index (κ2) is 6.27. The zero-order valence-corrected chi connectivity index (χ0v) is 12.5. The molecule has 1 fully saturated rings. The highest BCUT2D eigenvalue weighted by molar-refractivity contribution is 5.85. The SMILES string of the molecule is CCC1CNCCC1(Nc1ccc(C)cc1)C(=O)OC. The number of anilines is 1. The van der Waals surface area contributed by atoms with Crippen molar-refractivity contribution in [2.45, 2.75) is 32.2 Å². The van der Waals surface area contributed by atoms with Gasteiger partial charge in [0.15, 0.2) is 0 Å². The van der Waals surface area contributed by atoms with Gasteiger partial charge in [-0.2, -0.15) is 0 Å². The molecule has 4 nitrogen and oxygen atoms in total. The zero-order chi connectivity index (χ0) is 14.6. The Morgan fingerprint density at radius 2 is 2.15 bits per heavy atom. The predicted octanol–water partition coefficient (Wildman–Crippen LogP) is 2.34. The fraction of sp³-hybridized carbons (Fsp3) is 0.562. The molecule has 0 saturated carbocycles. The first-order valence-corrected chi connectivity index (χ1v) is 7.26. The topological polar surface area (TPSA) is 50.4 Å². The smallest absolute Gasteiger partial charge is 0.331 e. The Morgan fingerprint density at radius 3 is 2.75 bits per heavy atom. The number of aryl methyl sites for hydroxylation is 1. The molecule has 2 unspecified atom stereocenters. The summed E-state index contributed by atoms with van der Waals surface area (Å²) < 4.78 is 5.09. The lowest BCUT2D eigenvalue weighted by Crippen LogP contribution is -2.60. The monoisotopic (exact) mass is 276 g/mol. The molecule has 0 radical (unpaired) electrons. The summed E-state index contributed by atoms with van der Waals surface area (Å²) in [6.45, 7) is 5.83. The van der Waals surface area contributed by atoms with E-state index in [9.17, 15) is 4.79 Å². The second-order valence-corrected chi connectivity index (χ2v) is 5.51. The maximum atomic E-state index is 12.4. The molecule has 1 aliphatic heterocycles. The van der Waals surface area contributed by atoms with E-state index >= 15 is 0 Å². The van der Waals surface area contributed by atoms with Gasteiger partial charge in [-0.1, -0.05) is 24.6 Å². The van der Waals surface area contributed by atoms with Crippen LogP contribution >= 0.6 is 0 Å². The summed E-state index contributed by atoms with van der Waals surface area (Å²) in [5.41, 5.74) is 1.56. The van der Waals surface area contributed by atoms with Crippen LogP contribution < -0.4 is 10.6 Å². The molecule has 20 heavy (non-hydrogen) atoms. The summed E-state index contributed by atoms with van der Waals surface area (Å²) >= 11 is 0. The molecule has 2 atom stereocenters. The van der Waals surface area contributed by atoms with E-state index in [1.807, 2.05) is 12.1 Å². The Labute approximate surface area is 120 Å². The van der Waals surface area contributed by atoms with Gasteiger partial charge in [0.1, 0.15) is 5.54 Å². The third-order valence-electron chi connectivity index (χ3n) is 4.25. The van der Waals surface area contributed by atoms with Gasteiger partial charge in [0.2, 0.25) is 0 Å². The van der Waals surface area contributed by atoms with Crippen molar-refractivity contribution in [2.24, 2.45) is 5.92 Å². The molecule has 2 rings (SSSR count). The van der Waals surface area contributed by atoms with Gasteiger partial charge in [0, 0.05) is 18.2 Å². The molecule has 110 valence electrons. The van der Waals surface area contributed by atoms with Crippen LogP contribution in [-0.2, 0) is 9.53 Å². The van der Waals surface area contributed by atoms with Crippen molar-refractivity contribution >= 4 is 11.7 Å². The Bertz CT molecular complexity index is 458. The quantitative estimate of drug-likeness (QED) is 0.829. The molecule has 0 aromatic heterocycles. The maximum absolute atomic E-state index is 12.4. The molecule has 1 aromatic carbocycles. The lowest BCUT2D eigenvalue weighted by atomic mass is 9.76. The molecular formula is C16H24N2O2. The number of rotatable bonds is 4. The summed E-state index contributed by atoms with van der Waals surface area (Å²) in [7, 11) is 1.47. The fourth-order valence-corrected chi connectivity index (χ4v) is 2.99. The first kappa shape index (κ1) is 14.9.